The Bertz CT molecular complexity index is 1160. The highest BCUT2D eigenvalue weighted by Crippen LogP contribution is 2.38. The second-order valence-corrected chi connectivity index (χ2v) is 9.36. The fourth-order valence-corrected chi connectivity index (χ4v) is 4.70. The second-order valence-electron chi connectivity index (χ2n) is 9.36. The first-order valence-corrected chi connectivity index (χ1v) is 12.4. The van der Waals surface area contributed by atoms with Crippen LogP contribution in [-0.4, -0.2) is 36.4 Å². The summed E-state index contributed by atoms with van der Waals surface area (Å²) in [5.41, 5.74) is 4.18. The maximum atomic E-state index is 13.2. The Morgan fingerprint density at radius 1 is 1.00 bits per heavy atom. The summed E-state index contributed by atoms with van der Waals surface area (Å²) in [6, 6.07) is 25.6. The molecule has 5 nitrogen and oxygen atoms in total. The van der Waals surface area contributed by atoms with E-state index in [0.717, 1.165) is 23.2 Å². The zero-order valence-corrected chi connectivity index (χ0v) is 21.0. The average Bonchev–Trinajstić information content (AvgIpc) is 2.90. The van der Waals surface area contributed by atoms with Crippen LogP contribution in [0.25, 0.3) is 0 Å². The van der Waals surface area contributed by atoms with E-state index >= 15 is 0 Å². The molecule has 0 radical (unpaired) electrons. The van der Waals surface area contributed by atoms with Crippen LogP contribution in [0, 0.1) is 5.92 Å². The number of hydrogen-bond acceptors (Lipinski definition) is 3. The lowest BCUT2D eigenvalue weighted by Crippen LogP contribution is -2.42. The van der Waals surface area contributed by atoms with Gasteiger partial charge >= 0.3 is 0 Å². The largest absolute Gasteiger partial charge is 0.481 e. The maximum absolute atomic E-state index is 13.2. The van der Waals surface area contributed by atoms with Crippen molar-refractivity contribution in [1.82, 2.24) is 4.90 Å². The van der Waals surface area contributed by atoms with E-state index in [1.54, 1.807) is 11.9 Å². The van der Waals surface area contributed by atoms with Crippen LogP contribution in [0.3, 0.4) is 0 Å². The van der Waals surface area contributed by atoms with Crippen molar-refractivity contribution in [3.05, 3.63) is 95.6 Å². The standard InChI is InChI=1S/C30H34N2O3/c1-5-27(30(34)31(4)24-14-10-7-11-15-24)35-25-17-16-22-18-19-32(29(33)21(2)3)28(26(22)20-25)23-12-8-6-9-13-23/h6-17,20-21,27-28H,5,18-19H2,1-4H3. The average molecular weight is 471 g/mol. The second kappa shape index (κ2) is 10.8. The van der Waals surface area contributed by atoms with Gasteiger partial charge in [0.1, 0.15) is 5.75 Å². The van der Waals surface area contributed by atoms with Gasteiger partial charge in [0, 0.05) is 25.2 Å². The van der Waals surface area contributed by atoms with Gasteiger partial charge in [-0.05, 0) is 53.8 Å². The third-order valence-corrected chi connectivity index (χ3v) is 6.64. The van der Waals surface area contributed by atoms with Crippen LogP contribution in [0.5, 0.6) is 5.75 Å². The number of anilines is 1. The van der Waals surface area contributed by atoms with Gasteiger partial charge in [-0.1, -0.05) is 75.4 Å². The molecule has 0 aliphatic carbocycles. The van der Waals surface area contributed by atoms with E-state index in [0.29, 0.717) is 18.7 Å². The molecule has 2 atom stereocenters. The lowest BCUT2D eigenvalue weighted by Gasteiger charge is -2.39. The van der Waals surface area contributed by atoms with E-state index in [1.165, 1.54) is 5.56 Å². The highest BCUT2D eigenvalue weighted by atomic mass is 16.5. The number of nitrogens with zero attached hydrogens (tertiary/aromatic N) is 2. The van der Waals surface area contributed by atoms with Crippen molar-refractivity contribution in [2.75, 3.05) is 18.5 Å². The predicted octanol–water partition coefficient (Wildman–Crippen LogP) is 5.64. The molecule has 0 spiro atoms. The van der Waals surface area contributed by atoms with Crippen LogP contribution in [0.15, 0.2) is 78.9 Å². The highest BCUT2D eigenvalue weighted by molar-refractivity contribution is 5.96. The zero-order chi connectivity index (χ0) is 24.9. The first-order valence-electron chi connectivity index (χ1n) is 12.4. The number of amides is 2. The van der Waals surface area contributed by atoms with Crippen molar-refractivity contribution in [1.29, 1.82) is 0 Å². The van der Waals surface area contributed by atoms with E-state index in [1.807, 2.05) is 86.3 Å². The number of carbonyl (C=O) groups excluding carboxylic acids is 2. The Balaban J connectivity index is 1.65. The fourth-order valence-electron chi connectivity index (χ4n) is 4.70. The minimum atomic E-state index is -0.606. The predicted molar refractivity (Wildman–Crippen MR) is 140 cm³/mol. The lowest BCUT2D eigenvalue weighted by molar-refractivity contribution is -0.136. The summed E-state index contributed by atoms with van der Waals surface area (Å²) < 4.78 is 6.27. The molecule has 5 heteroatoms. The van der Waals surface area contributed by atoms with Gasteiger partial charge in [0.05, 0.1) is 6.04 Å². The number of rotatable bonds is 7. The topological polar surface area (TPSA) is 49.9 Å². The summed E-state index contributed by atoms with van der Waals surface area (Å²) in [6.45, 7) is 6.53. The van der Waals surface area contributed by atoms with Crippen LogP contribution in [0.2, 0.25) is 0 Å². The summed E-state index contributed by atoms with van der Waals surface area (Å²) in [4.78, 5) is 30.0. The normalized spacial score (nSPS) is 15.9. The molecule has 1 aliphatic rings. The molecule has 182 valence electrons. The van der Waals surface area contributed by atoms with Crippen molar-refractivity contribution in [2.45, 2.75) is 45.8 Å². The number of benzene rings is 3. The minimum absolute atomic E-state index is 0.0854. The molecule has 4 rings (SSSR count). The third kappa shape index (κ3) is 5.24. The molecule has 0 aromatic heterocycles. The van der Waals surface area contributed by atoms with Crippen LogP contribution in [0.1, 0.15) is 49.9 Å². The maximum Gasteiger partial charge on any atom is 0.267 e. The Morgan fingerprint density at radius 2 is 1.66 bits per heavy atom. The Hall–Kier alpha value is -3.60. The Morgan fingerprint density at radius 3 is 2.29 bits per heavy atom. The van der Waals surface area contributed by atoms with Gasteiger partial charge in [0.15, 0.2) is 6.10 Å². The SMILES string of the molecule is CCC(Oc1ccc2c(c1)C(c1ccccc1)N(C(=O)C(C)C)CC2)C(=O)N(C)c1ccccc1. The Labute approximate surface area is 208 Å². The number of ether oxygens (including phenoxy) is 1. The summed E-state index contributed by atoms with van der Waals surface area (Å²) in [6.07, 6.45) is 0.739. The lowest BCUT2D eigenvalue weighted by atomic mass is 9.87. The first kappa shape index (κ1) is 24.5. The molecule has 3 aromatic carbocycles. The van der Waals surface area contributed by atoms with E-state index in [9.17, 15) is 9.59 Å². The molecule has 2 amide bonds. The Kier molecular flexibility index (Phi) is 7.54. The summed E-state index contributed by atoms with van der Waals surface area (Å²) in [5, 5.41) is 0. The molecule has 35 heavy (non-hydrogen) atoms. The van der Waals surface area contributed by atoms with E-state index < -0.39 is 6.10 Å². The van der Waals surface area contributed by atoms with Crippen LogP contribution < -0.4 is 9.64 Å². The molecule has 1 aliphatic heterocycles. The molecule has 0 bridgehead atoms. The van der Waals surface area contributed by atoms with Crippen LogP contribution >= 0.6 is 0 Å². The monoisotopic (exact) mass is 470 g/mol. The van der Waals surface area contributed by atoms with Crippen molar-refractivity contribution < 1.29 is 14.3 Å². The van der Waals surface area contributed by atoms with Gasteiger partial charge in [0.2, 0.25) is 5.91 Å². The molecule has 3 aromatic rings. The van der Waals surface area contributed by atoms with Crippen LogP contribution in [-0.2, 0) is 16.0 Å². The van der Waals surface area contributed by atoms with Crippen molar-refractivity contribution >= 4 is 17.5 Å². The molecule has 0 saturated carbocycles. The highest BCUT2D eigenvalue weighted by Gasteiger charge is 2.33. The van der Waals surface area contributed by atoms with Gasteiger partial charge < -0.3 is 14.5 Å². The third-order valence-electron chi connectivity index (χ3n) is 6.64. The van der Waals surface area contributed by atoms with Crippen molar-refractivity contribution in [3.8, 4) is 5.75 Å². The van der Waals surface area contributed by atoms with Gasteiger partial charge in [0.25, 0.3) is 5.91 Å². The van der Waals surface area contributed by atoms with Gasteiger partial charge in [-0.15, -0.1) is 0 Å². The van der Waals surface area contributed by atoms with Crippen molar-refractivity contribution in [3.63, 3.8) is 0 Å². The molecular formula is C30H34N2O3. The van der Waals surface area contributed by atoms with E-state index in [-0.39, 0.29) is 23.8 Å². The quantitative estimate of drug-likeness (QED) is 0.449. The molecular weight excluding hydrogens is 436 g/mol. The fraction of sp³-hybridized carbons (Fsp3) is 0.333. The molecule has 2 unspecified atom stereocenters. The summed E-state index contributed by atoms with van der Waals surface area (Å²) in [7, 11) is 1.78. The molecule has 0 N–H and O–H groups in total. The van der Waals surface area contributed by atoms with Gasteiger partial charge in [-0.25, -0.2) is 0 Å². The first-order chi connectivity index (χ1) is 16.9. The van der Waals surface area contributed by atoms with Crippen LogP contribution in [0.4, 0.5) is 5.69 Å². The number of carbonyl (C=O) groups is 2. The summed E-state index contributed by atoms with van der Waals surface area (Å²) in [5.74, 6) is 0.609. The molecule has 0 fully saturated rings. The minimum Gasteiger partial charge on any atom is -0.481 e. The van der Waals surface area contributed by atoms with E-state index in [4.69, 9.17) is 4.74 Å². The number of para-hydroxylation sites is 1. The van der Waals surface area contributed by atoms with E-state index in [2.05, 4.69) is 18.2 Å². The van der Waals surface area contributed by atoms with Crippen molar-refractivity contribution in [2.24, 2.45) is 5.92 Å². The molecule has 1 heterocycles. The smallest absolute Gasteiger partial charge is 0.267 e. The number of hydrogen-bond donors (Lipinski definition) is 0. The zero-order valence-electron chi connectivity index (χ0n) is 21.0. The van der Waals surface area contributed by atoms with Gasteiger partial charge in [-0.3, -0.25) is 9.59 Å². The summed E-state index contributed by atoms with van der Waals surface area (Å²) >= 11 is 0. The molecule has 0 saturated heterocycles. The number of fused-ring (bicyclic) bond motifs is 1. The van der Waals surface area contributed by atoms with Gasteiger partial charge in [-0.2, -0.15) is 0 Å². The number of likely N-dealkylation sites (N-methyl/N-ethyl adjacent to an activating group) is 1.